The Morgan fingerprint density at radius 3 is 2.23 bits per heavy atom. The number of methoxy groups -OCH3 is 2. The fourth-order valence-electron chi connectivity index (χ4n) is 2.58. The monoisotopic (exact) mass is 298 g/mol. The molecule has 0 N–H and O–H groups in total. The molecule has 2 aromatic rings. The Kier molecular flexibility index (Phi) is 5.21. The lowest BCUT2D eigenvalue weighted by molar-refractivity contribution is -0.140. The van der Waals surface area contributed by atoms with Gasteiger partial charge in [-0.3, -0.25) is 4.79 Å². The molecule has 0 aromatic heterocycles. The third kappa shape index (κ3) is 3.67. The lowest BCUT2D eigenvalue weighted by Crippen LogP contribution is -2.11. The number of carbonyl (C=O) groups is 1. The third-order valence-corrected chi connectivity index (χ3v) is 3.84. The second kappa shape index (κ2) is 7.12. The van der Waals surface area contributed by atoms with E-state index in [2.05, 4.69) is 30.3 Å². The second-order valence-electron chi connectivity index (χ2n) is 5.49. The molecule has 0 fully saturated rings. The van der Waals surface area contributed by atoms with Gasteiger partial charge in [0, 0.05) is 11.5 Å². The van der Waals surface area contributed by atoms with Crippen molar-refractivity contribution in [2.45, 2.75) is 26.2 Å². The molecule has 1 atom stereocenters. The van der Waals surface area contributed by atoms with Gasteiger partial charge in [-0.2, -0.15) is 0 Å². The number of carbonyl (C=O) groups excluding carboxylic acids is 1. The zero-order valence-electron chi connectivity index (χ0n) is 13.6. The van der Waals surface area contributed by atoms with Crippen LogP contribution in [0, 0.1) is 13.8 Å². The molecule has 1 unspecified atom stereocenters. The molecule has 2 rings (SSSR count). The van der Waals surface area contributed by atoms with E-state index in [0.29, 0.717) is 6.42 Å². The molecule has 116 valence electrons. The first-order chi connectivity index (χ1) is 10.5. The van der Waals surface area contributed by atoms with Crippen LogP contribution in [0.2, 0.25) is 0 Å². The summed E-state index contributed by atoms with van der Waals surface area (Å²) in [5.74, 6) is 0.483. The van der Waals surface area contributed by atoms with Gasteiger partial charge in [-0.25, -0.2) is 0 Å². The lowest BCUT2D eigenvalue weighted by atomic mass is 9.87. The summed E-state index contributed by atoms with van der Waals surface area (Å²) >= 11 is 0. The van der Waals surface area contributed by atoms with E-state index in [-0.39, 0.29) is 11.9 Å². The van der Waals surface area contributed by atoms with Crippen molar-refractivity contribution < 1.29 is 14.3 Å². The summed E-state index contributed by atoms with van der Waals surface area (Å²) in [4.78, 5) is 11.9. The standard InChI is InChI=1S/C19H22O3/c1-13-5-8-15(9-6-13)16(12-19(20)22-4)17-11-14(2)7-10-18(17)21-3/h5-11,16H,12H2,1-4H3. The van der Waals surface area contributed by atoms with Crippen molar-refractivity contribution in [1.82, 2.24) is 0 Å². The Morgan fingerprint density at radius 2 is 1.64 bits per heavy atom. The summed E-state index contributed by atoms with van der Waals surface area (Å²) in [5.41, 5.74) is 4.42. The molecular weight excluding hydrogens is 276 g/mol. The normalized spacial score (nSPS) is 11.8. The van der Waals surface area contributed by atoms with Gasteiger partial charge in [0.25, 0.3) is 0 Å². The molecule has 0 spiro atoms. The van der Waals surface area contributed by atoms with E-state index in [1.165, 1.54) is 12.7 Å². The SMILES string of the molecule is COC(=O)CC(c1ccc(C)cc1)c1cc(C)ccc1OC. The molecule has 0 heterocycles. The molecule has 0 amide bonds. The number of hydrogen-bond acceptors (Lipinski definition) is 3. The van der Waals surface area contributed by atoms with Gasteiger partial charge in [-0.1, -0.05) is 47.5 Å². The number of esters is 1. The molecular formula is C19H22O3. The van der Waals surface area contributed by atoms with Crippen LogP contribution in [0.1, 0.15) is 34.6 Å². The second-order valence-corrected chi connectivity index (χ2v) is 5.49. The maximum atomic E-state index is 11.9. The fraction of sp³-hybridized carbons (Fsp3) is 0.316. The van der Waals surface area contributed by atoms with Gasteiger partial charge in [0.15, 0.2) is 0 Å². The minimum absolute atomic E-state index is 0.0806. The quantitative estimate of drug-likeness (QED) is 0.782. The first-order valence-electron chi connectivity index (χ1n) is 7.33. The van der Waals surface area contributed by atoms with Crippen LogP contribution in [0.15, 0.2) is 42.5 Å². The summed E-state index contributed by atoms with van der Waals surface area (Å²) in [5, 5.41) is 0. The molecule has 2 aromatic carbocycles. The van der Waals surface area contributed by atoms with Crippen LogP contribution in [-0.2, 0) is 9.53 Å². The van der Waals surface area contributed by atoms with E-state index in [1.807, 2.05) is 26.0 Å². The smallest absolute Gasteiger partial charge is 0.306 e. The van der Waals surface area contributed by atoms with Crippen LogP contribution < -0.4 is 4.74 Å². The first kappa shape index (κ1) is 16.1. The van der Waals surface area contributed by atoms with E-state index in [9.17, 15) is 4.79 Å². The van der Waals surface area contributed by atoms with Crippen LogP contribution in [0.3, 0.4) is 0 Å². The highest BCUT2D eigenvalue weighted by atomic mass is 16.5. The number of ether oxygens (including phenoxy) is 2. The molecule has 0 saturated carbocycles. The summed E-state index contributed by atoms with van der Waals surface area (Å²) < 4.78 is 10.4. The van der Waals surface area contributed by atoms with Gasteiger partial charge < -0.3 is 9.47 Å². The van der Waals surface area contributed by atoms with Gasteiger partial charge in [0.1, 0.15) is 5.75 Å². The van der Waals surface area contributed by atoms with Gasteiger partial charge in [0.2, 0.25) is 0 Å². The topological polar surface area (TPSA) is 35.5 Å². The summed E-state index contributed by atoms with van der Waals surface area (Å²) in [6.07, 6.45) is 0.291. The van der Waals surface area contributed by atoms with Crippen LogP contribution in [0.5, 0.6) is 5.75 Å². The van der Waals surface area contributed by atoms with Crippen molar-refractivity contribution in [2.75, 3.05) is 14.2 Å². The van der Waals surface area contributed by atoms with Crippen LogP contribution >= 0.6 is 0 Å². The fourth-order valence-corrected chi connectivity index (χ4v) is 2.58. The van der Waals surface area contributed by atoms with Gasteiger partial charge in [-0.05, 0) is 25.5 Å². The molecule has 3 nitrogen and oxygen atoms in total. The Labute approximate surface area is 131 Å². The minimum atomic E-state index is -0.228. The highest BCUT2D eigenvalue weighted by Crippen LogP contribution is 2.35. The summed E-state index contributed by atoms with van der Waals surface area (Å²) in [6.45, 7) is 4.08. The van der Waals surface area contributed by atoms with E-state index < -0.39 is 0 Å². The van der Waals surface area contributed by atoms with Gasteiger partial charge >= 0.3 is 5.97 Å². The maximum absolute atomic E-state index is 11.9. The number of hydrogen-bond donors (Lipinski definition) is 0. The predicted molar refractivity (Wildman–Crippen MR) is 87.4 cm³/mol. The van der Waals surface area contributed by atoms with Crippen LogP contribution in [0.25, 0.3) is 0 Å². The Morgan fingerprint density at radius 1 is 1.00 bits per heavy atom. The maximum Gasteiger partial charge on any atom is 0.306 e. The van der Waals surface area contributed by atoms with Crippen molar-refractivity contribution >= 4 is 5.97 Å². The highest BCUT2D eigenvalue weighted by molar-refractivity contribution is 5.71. The highest BCUT2D eigenvalue weighted by Gasteiger charge is 2.22. The van der Waals surface area contributed by atoms with Crippen LogP contribution in [-0.4, -0.2) is 20.2 Å². The zero-order valence-corrected chi connectivity index (χ0v) is 13.6. The lowest BCUT2D eigenvalue weighted by Gasteiger charge is -2.20. The molecule has 0 aliphatic rings. The number of benzene rings is 2. The van der Waals surface area contributed by atoms with Crippen molar-refractivity contribution in [3.63, 3.8) is 0 Å². The van der Waals surface area contributed by atoms with Crippen LogP contribution in [0.4, 0.5) is 0 Å². The Hall–Kier alpha value is -2.29. The van der Waals surface area contributed by atoms with Crippen molar-refractivity contribution in [3.05, 3.63) is 64.7 Å². The van der Waals surface area contributed by atoms with E-state index in [0.717, 1.165) is 22.4 Å². The molecule has 0 aliphatic heterocycles. The van der Waals surface area contributed by atoms with E-state index >= 15 is 0 Å². The zero-order chi connectivity index (χ0) is 16.1. The van der Waals surface area contributed by atoms with Gasteiger partial charge in [-0.15, -0.1) is 0 Å². The van der Waals surface area contributed by atoms with E-state index in [4.69, 9.17) is 9.47 Å². The first-order valence-corrected chi connectivity index (χ1v) is 7.33. The molecule has 0 bridgehead atoms. The van der Waals surface area contributed by atoms with E-state index in [1.54, 1.807) is 7.11 Å². The third-order valence-electron chi connectivity index (χ3n) is 3.84. The number of rotatable bonds is 5. The van der Waals surface area contributed by atoms with Crippen molar-refractivity contribution in [2.24, 2.45) is 0 Å². The molecule has 0 saturated heterocycles. The van der Waals surface area contributed by atoms with Gasteiger partial charge in [0.05, 0.1) is 20.6 Å². The summed E-state index contributed by atoms with van der Waals surface area (Å²) in [6, 6.07) is 14.3. The van der Waals surface area contributed by atoms with Crippen molar-refractivity contribution in [1.29, 1.82) is 0 Å². The predicted octanol–water partition coefficient (Wildman–Crippen LogP) is 4.01. The summed E-state index contributed by atoms with van der Waals surface area (Å²) in [7, 11) is 3.07. The molecule has 22 heavy (non-hydrogen) atoms. The largest absolute Gasteiger partial charge is 0.496 e. The number of aryl methyl sites for hydroxylation is 2. The minimum Gasteiger partial charge on any atom is -0.496 e. The molecule has 0 radical (unpaired) electrons. The Bertz CT molecular complexity index is 644. The molecule has 0 aliphatic carbocycles. The molecule has 3 heteroatoms. The van der Waals surface area contributed by atoms with Crippen molar-refractivity contribution in [3.8, 4) is 5.75 Å². The average molecular weight is 298 g/mol. The Balaban J connectivity index is 2.50. The average Bonchev–Trinajstić information content (AvgIpc) is 2.53.